The number of hydrogen-bond acceptors (Lipinski definition) is 4. The first-order valence-corrected chi connectivity index (χ1v) is 9.89. The molecule has 0 saturated heterocycles. The van der Waals surface area contributed by atoms with Gasteiger partial charge in [-0.3, -0.25) is 9.59 Å². The van der Waals surface area contributed by atoms with Crippen molar-refractivity contribution >= 4 is 28.3 Å². The molecule has 1 aliphatic carbocycles. The molecule has 1 fully saturated rings. The molecule has 0 spiro atoms. The quantitative estimate of drug-likeness (QED) is 0.830. The molecule has 2 amide bonds. The zero-order valence-electron chi connectivity index (χ0n) is 14.9. The molecular weight excluding hydrogens is 391 g/mol. The van der Waals surface area contributed by atoms with Crippen molar-refractivity contribution < 1.29 is 22.8 Å². The Bertz CT molecular complexity index is 921. The minimum absolute atomic E-state index is 0.0376. The molecule has 0 atom stereocenters. The van der Waals surface area contributed by atoms with Gasteiger partial charge in [-0.1, -0.05) is 29.9 Å². The Kier molecular flexibility index (Phi) is 4.86. The van der Waals surface area contributed by atoms with Crippen LogP contribution in [0.15, 0.2) is 24.3 Å². The molecule has 4 rings (SSSR count). The van der Waals surface area contributed by atoms with Gasteiger partial charge in [0.15, 0.2) is 5.13 Å². The standard InChI is InChI=1S/C19H18F3N3O2S/c20-19(21,22)13-7-2-1-6-12(13)17(27)25-9-8-14-15(10-25)28-18(23-14)24-16(26)11-4-3-5-11/h1-2,6-7,11H,3-5,8-10H2,(H,23,24,26). The summed E-state index contributed by atoms with van der Waals surface area (Å²) in [6, 6.07) is 4.83. The number of amides is 2. The number of carbonyl (C=O) groups is 2. The summed E-state index contributed by atoms with van der Waals surface area (Å²) >= 11 is 1.28. The maximum absolute atomic E-state index is 13.2. The van der Waals surface area contributed by atoms with Crippen molar-refractivity contribution in [2.45, 2.75) is 38.4 Å². The van der Waals surface area contributed by atoms with Crippen molar-refractivity contribution in [1.82, 2.24) is 9.88 Å². The highest BCUT2D eigenvalue weighted by atomic mass is 32.1. The van der Waals surface area contributed by atoms with Gasteiger partial charge in [0.2, 0.25) is 5.91 Å². The molecular formula is C19H18F3N3O2S. The Balaban J connectivity index is 1.50. The van der Waals surface area contributed by atoms with Crippen LogP contribution in [0.1, 0.15) is 45.8 Å². The van der Waals surface area contributed by atoms with Crippen molar-refractivity contribution in [3.8, 4) is 0 Å². The predicted molar refractivity (Wildman–Crippen MR) is 98.0 cm³/mol. The number of nitrogens with one attached hydrogen (secondary N) is 1. The van der Waals surface area contributed by atoms with Crippen LogP contribution in [0, 0.1) is 5.92 Å². The fourth-order valence-corrected chi connectivity index (χ4v) is 4.41. The highest BCUT2D eigenvalue weighted by molar-refractivity contribution is 7.15. The number of aromatic nitrogens is 1. The highest BCUT2D eigenvalue weighted by Crippen LogP contribution is 2.35. The average molecular weight is 409 g/mol. The third-order valence-electron chi connectivity index (χ3n) is 5.19. The minimum atomic E-state index is -4.59. The molecule has 1 N–H and O–H groups in total. The maximum atomic E-state index is 13.2. The summed E-state index contributed by atoms with van der Waals surface area (Å²) in [5.41, 5.74) is -0.480. The Morgan fingerprint density at radius 1 is 1.21 bits per heavy atom. The van der Waals surface area contributed by atoms with Crippen LogP contribution >= 0.6 is 11.3 Å². The first-order chi connectivity index (χ1) is 13.3. The normalized spacial score (nSPS) is 17.0. The Hall–Kier alpha value is -2.42. The number of hydrogen-bond donors (Lipinski definition) is 1. The van der Waals surface area contributed by atoms with Crippen LogP contribution in [-0.4, -0.2) is 28.2 Å². The summed E-state index contributed by atoms with van der Waals surface area (Å²) < 4.78 is 39.7. The molecule has 0 radical (unpaired) electrons. The lowest BCUT2D eigenvalue weighted by Crippen LogP contribution is -2.36. The SMILES string of the molecule is O=C(Nc1nc2c(s1)CN(C(=O)c1ccccc1C(F)(F)F)CC2)C1CCC1. The number of alkyl halides is 3. The summed E-state index contributed by atoms with van der Waals surface area (Å²) in [6.45, 7) is 0.481. The maximum Gasteiger partial charge on any atom is 0.417 e. The number of carbonyl (C=O) groups excluding carboxylic acids is 2. The van der Waals surface area contributed by atoms with Gasteiger partial charge in [-0.05, 0) is 25.0 Å². The van der Waals surface area contributed by atoms with Crippen LogP contribution in [0.3, 0.4) is 0 Å². The van der Waals surface area contributed by atoms with E-state index in [0.717, 1.165) is 35.9 Å². The summed E-state index contributed by atoms with van der Waals surface area (Å²) in [5.74, 6) is -0.644. The van der Waals surface area contributed by atoms with Crippen LogP contribution < -0.4 is 5.32 Å². The lowest BCUT2D eigenvalue weighted by Gasteiger charge is -2.27. The monoisotopic (exact) mass is 409 g/mol. The number of anilines is 1. The van der Waals surface area contributed by atoms with E-state index in [4.69, 9.17) is 0 Å². The second kappa shape index (κ2) is 7.20. The number of nitrogens with zero attached hydrogens (tertiary/aromatic N) is 2. The van der Waals surface area contributed by atoms with Gasteiger partial charge >= 0.3 is 6.18 Å². The zero-order chi connectivity index (χ0) is 19.9. The van der Waals surface area contributed by atoms with Crippen molar-refractivity contribution in [2.75, 3.05) is 11.9 Å². The van der Waals surface area contributed by atoms with Crippen LogP contribution in [0.5, 0.6) is 0 Å². The topological polar surface area (TPSA) is 62.3 Å². The number of rotatable bonds is 3. The van der Waals surface area contributed by atoms with Gasteiger partial charge in [-0.25, -0.2) is 4.98 Å². The van der Waals surface area contributed by atoms with Crippen molar-refractivity contribution in [2.24, 2.45) is 5.92 Å². The van der Waals surface area contributed by atoms with Gasteiger partial charge in [0.05, 0.1) is 23.4 Å². The van der Waals surface area contributed by atoms with Crippen LogP contribution in [0.2, 0.25) is 0 Å². The van der Waals surface area contributed by atoms with Crippen molar-refractivity contribution in [3.05, 3.63) is 46.0 Å². The van der Waals surface area contributed by atoms with Gasteiger partial charge < -0.3 is 10.2 Å². The predicted octanol–water partition coefficient (Wildman–Crippen LogP) is 4.10. The lowest BCUT2D eigenvalue weighted by atomic mass is 9.85. The second-order valence-electron chi connectivity index (χ2n) is 7.03. The van der Waals surface area contributed by atoms with E-state index in [-0.39, 0.29) is 30.5 Å². The van der Waals surface area contributed by atoms with Gasteiger partial charge in [-0.2, -0.15) is 13.2 Å². The molecule has 28 heavy (non-hydrogen) atoms. The van der Waals surface area contributed by atoms with E-state index in [9.17, 15) is 22.8 Å². The first-order valence-electron chi connectivity index (χ1n) is 9.08. The fraction of sp³-hybridized carbons (Fsp3) is 0.421. The fourth-order valence-electron chi connectivity index (χ4n) is 3.39. The first kappa shape index (κ1) is 18.9. The van der Waals surface area contributed by atoms with E-state index in [1.54, 1.807) is 0 Å². The van der Waals surface area contributed by atoms with Gasteiger partial charge in [0.25, 0.3) is 5.91 Å². The molecule has 2 aliphatic rings. The van der Waals surface area contributed by atoms with Gasteiger partial charge in [0.1, 0.15) is 0 Å². The van der Waals surface area contributed by atoms with E-state index >= 15 is 0 Å². The highest BCUT2D eigenvalue weighted by Gasteiger charge is 2.36. The van der Waals surface area contributed by atoms with Crippen LogP contribution in [0.25, 0.3) is 0 Å². The number of fused-ring (bicyclic) bond motifs is 1. The van der Waals surface area contributed by atoms with Gasteiger partial charge in [0, 0.05) is 23.8 Å². The average Bonchev–Trinajstić information content (AvgIpc) is 3.00. The molecule has 9 heteroatoms. The zero-order valence-corrected chi connectivity index (χ0v) is 15.7. The van der Waals surface area contributed by atoms with Crippen molar-refractivity contribution in [1.29, 1.82) is 0 Å². The largest absolute Gasteiger partial charge is 0.417 e. The molecule has 1 saturated carbocycles. The molecule has 0 bridgehead atoms. The lowest BCUT2D eigenvalue weighted by molar-refractivity contribution is -0.138. The summed E-state index contributed by atoms with van der Waals surface area (Å²) in [5, 5.41) is 3.31. The van der Waals surface area contributed by atoms with E-state index in [2.05, 4.69) is 10.3 Å². The molecule has 2 heterocycles. The molecule has 5 nitrogen and oxygen atoms in total. The van der Waals surface area contributed by atoms with E-state index < -0.39 is 17.6 Å². The summed E-state index contributed by atoms with van der Waals surface area (Å²) in [4.78, 5) is 31.4. The smallest absolute Gasteiger partial charge is 0.333 e. The third-order valence-corrected chi connectivity index (χ3v) is 6.19. The number of benzene rings is 1. The van der Waals surface area contributed by atoms with Crippen molar-refractivity contribution in [3.63, 3.8) is 0 Å². The molecule has 0 unspecified atom stereocenters. The van der Waals surface area contributed by atoms with E-state index in [0.29, 0.717) is 11.6 Å². The molecule has 1 aliphatic heterocycles. The van der Waals surface area contributed by atoms with Crippen LogP contribution in [0.4, 0.5) is 18.3 Å². The Labute approximate surface area is 163 Å². The van der Waals surface area contributed by atoms with Crippen LogP contribution in [-0.2, 0) is 23.9 Å². The molecule has 1 aromatic carbocycles. The van der Waals surface area contributed by atoms with E-state index in [1.165, 1.54) is 34.4 Å². The molecule has 2 aromatic rings. The molecule has 148 valence electrons. The Morgan fingerprint density at radius 3 is 2.64 bits per heavy atom. The Morgan fingerprint density at radius 2 is 1.96 bits per heavy atom. The third kappa shape index (κ3) is 3.63. The number of thiazole rings is 1. The second-order valence-corrected chi connectivity index (χ2v) is 8.11. The van der Waals surface area contributed by atoms with Gasteiger partial charge in [-0.15, -0.1) is 0 Å². The minimum Gasteiger partial charge on any atom is -0.333 e. The number of halogens is 3. The summed E-state index contributed by atoms with van der Waals surface area (Å²) in [6.07, 6.45) is -1.31. The molecule has 1 aromatic heterocycles. The van der Waals surface area contributed by atoms with E-state index in [1.807, 2.05) is 0 Å². The summed E-state index contributed by atoms with van der Waals surface area (Å²) in [7, 11) is 0.